The van der Waals surface area contributed by atoms with Crippen molar-refractivity contribution in [3.8, 4) is 0 Å². The number of hydrogen-bond donors (Lipinski definition) is 1. The summed E-state index contributed by atoms with van der Waals surface area (Å²) in [6, 6.07) is 1.06. The van der Waals surface area contributed by atoms with Gasteiger partial charge in [-0.05, 0) is 12.3 Å². The predicted molar refractivity (Wildman–Crippen MR) is 77.2 cm³/mol. The standard InChI is InChI=1S/C11H9Cl2FN4OS/c1-18-11(15-4-16-18)17-10(19)7-6(14)3-5(12)9(20-2)8(7)13/h3-4H,1-2H3,(H,15,16,17,19). The van der Waals surface area contributed by atoms with Gasteiger partial charge in [-0.25, -0.2) is 9.07 Å². The van der Waals surface area contributed by atoms with Crippen LogP contribution in [0.3, 0.4) is 0 Å². The van der Waals surface area contributed by atoms with Crippen molar-refractivity contribution < 1.29 is 9.18 Å². The zero-order valence-electron chi connectivity index (χ0n) is 10.4. The molecule has 0 bridgehead atoms. The van der Waals surface area contributed by atoms with Gasteiger partial charge in [0.15, 0.2) is 0 Å². The Labute approximate surface area is 128 Å². The van der Waals surface area contributed by atoms with Gasteiger partial charge in [0.25, 0.3) is 5.91 Å². The van der Waals surface area contributed by atoms with Gasteiger partial charge in [-0.2, -0.15) is 10.1 Å². The highest BCUT2D eigenvalue weighted by atomic mass is 35.5. The predicted octanol–water partition coefficient (Wildman–Crippen LogP) is 3.24. The highest BCUT2D eigenvalue weighted by molar-refractivity contribution is 7.98. The topological polar surface area (TPSA) is 59.8 Å². The summed E-state index contributed by atoms with van der Waals surface area (Å²) in [5, 5.41) is 6.36. The molecule has 0 saturated carbocycles. The van der Waals surface area contributed by atoms with Gasteiger partial charge in [0.2, 0.25) is 5.95 Å². The van der Waals surface area contributed by atoms with Crippen LogP contribution in [0, 0.1) is 5.82 Å². The molecule has 1 aromatic heterocycles. The zero-order chi connectivity index (χ0) is 14.9. The minimum Gasteiger partial charge on any atom is -0.290 e. The summed E-state index contributed by atoms with van der Waals surface area (Å²) in [6.45, 7) is 0. The number of nitrogens with zero attached hydrogens (tertiary/aromatic N) is 3. The molecule has 0 aliphatic carbocycles. The van der Waals surface area contributed by atoms with Crippen LogP contribution in [0.5, 0.6) is 0 Å². The molecule has 0 spiro atoms. The van der Waals surface area contributed by atoms with E-state index in [2.05, 4.69) is 15.4 Å². The van der Waals surface area contributed by atoms with Crippen LogP contribution < -0.4 is 5.32 Å². The monoisotopic (exact) mass is 334 g/mol. The third-order valence-electron chi connectivity index (χ3n) is 2.50. The summed E-state index contributed by atoms with van der Waals surface area (Å²) < 4.78 is 15.3. The molecule has 20 heavy (non-hydrogen) atoms. The fourth-order valence-electron chi connectivity index (χ4n) is 1.54. The number of benzene rings is 1. The van der Waals surface area contributed by atoms with Crippen LogP contribution in [0.15, 0.2) is 17.3 Å². The van der Waals surface area contributed by atoms with Gasteiger partial charge >= 0.3 is 0 Å². The molecular formula is C11H9Cl2FN4OS. The van der Waals surface area contributed by atoms with Crippen LogP contribution in [0.2, 0.25) is 10.0 Å². The number of rotatable bonds is 3. The van der Waals surface area contributed by atoms with Crippen molar-refractivity contribution in [2.75, 3.05) is 11.6 Å². The number of hydrogen-bond acceptors (Lipinski definition) is 4. The van der Waals surface area contributed by atoms with E-state index >= 15 is 0 Å². The highest BCUT2D eigenvalue weighted by Gasteiger charge is 2.22. The Morgan fingerprint density at radius 3 is 2.75 bits per heavy atom. The number of carbonyl (C=O) groups is 1. The van der Waals surface area contributed by atoms with Crippen LogP contribution in [0.25, 0.3) is 0 Å². The Hall–Kier alpha value is -1.31. The van der Waals surface area contributed by atoms with Crippen molar-refractivity contribution in [3.63, 3.8) is 0 Å². The van der Waals surface area contributed by atoms with Crippen molar-refractivity contribution in [1.82, 2.24) is 14.8 Å². The number of thioether (sulfide) groups is 1. The number of halogens is 3. The third kappa shape index (κ3) is 2.74. The number of aryl methyl sites for hydroxylation is 1. The smallest absolute Gasteiger partial charge is 0.262 e. The van der Waals surface area contributed by atoms with Gasteiger partial charge < -0.3 is 0 Å². The average Bonchev–Trinajstić information content (AvgIpc) is 2.74. The molecule has 0 aliphatic heterocycles. The molecule has 106 valence electrons. The van der Waals surface area contributed by atoms with Gasteiger partial charge in [-0.3, -0.25) is 10.1 Å². The normalized spacial score (nSPS) is 10.7. The molecule has 0 saturated heterocycles. The maximum Gasteiger partial charge on any atom is 0.262 e. The van der Waals surface area contributed by atoms with Gasteiger partial charge in [-0.15, -0.1) is 11.8 Å². The van der Waals surface area contributed by atoms with Gasteiger partial charge in [-0.1, -0.05) is 23.2 Å². The molecule has 0 atom stereocenters. The fourth-order valence-corrected chi connectivity index (χ4v) is 3.06. The second-order valence-corrected chi connectivity index (χ2v) is 5.33. The van der Waals surface area contributed by atoms with Gasteiger partial charge in [0.05, 0.1) is 15.6 Å². The van der Waals surface area contributed by atoms with Crippen LogP contribution >= 0.6 is 35.0 Å². The Balaban J connectivity index is 2.42. The molecule has 2 rings (SSSR count). The number of carbonyl (C=O) groups excluding carboxylic acids is 1. The molecule has 9 heteroatoms. The summed E-state index contributed by atoms with van der Waals surface area (Å²) >= 11 is 13.2. The molecule has 1 N–H and O–H groups in total. The maximum absolute atomic E-state index is 13.9. The molecule has 2 aromatic rings. The van der Waals surface area contributed by atoms with Crippen LogP contribution in [-0.2, 0) is 7.05 Å². The molecule has 5 nitrogen and oxygen atoms in total. The molecule has 0 unspecified atom stereocenters. The molecule has 0 fully saturated rings. The second kappa shape index (κ2) is 5.99. The Morgan fingerprint density at radius 1 is 1.50 bits per heavy atom. The SMILES string of the molecule is CSc1c(Cl)cc(F)c(C(=O)Nc2ncnn2C)c1Cl. The Bertz CT molecular complexity index is 677. The van der Waals surface area contributed by atoms with E-state index in [1.165, 1.54) is 22.8 Å². The van der Waals surface area contributed by atoms with Crippen LogP contribution in [0.1, 0.15) is 10.4 Å². The maximum atomic E-state index is 13.9. The lowest BCUT2D eigenvalue weighted by atomic mass is 10.2. The van der Waals surface area contributed by atoms with Crippen molar-refractivity contribution in [2.24, 2.45) is 7.05 Å². The summed E-state index contributed by atoms with van der Waals surface area (Å²) in [5.41, 5.74) is -0.275. The van der Waals surface area contributed by atoms with Crippen molar-refractivity contribution in [2.45, 2.75) is 4.90 Å². The van der Waals surface area contributed by atoms with Gasteiger partial charge in [0, 0.05) is 11.9 Å². The lowest BCUT2D eigenvalue weighted by Crippen LogP contribution is -2.17. The third-order valence-corrected chi connectivity index (χ3v) is 4.23. The van der Waals surface area contributed by atoms with Crippen molar-refractivity contribution in [1.29, 1.82) is 0 Å². The van der Waals surface area contributed by atoms with E-state index in [0.717, 1.165) is 6.07 Å². The largest absolute Gasteiger partial charge is 0.290 e. The summed E-state index contributed by atoms with van der Waals surface area (Å²) in [4.78, 5) is 16.4. The lowest BCUT2D eigenvalue weighted by Gasteiger charge is -2.11. The molecule has 0 aliphatic rings. The van der Waals surface area contributed by atoms with E-state index in [0.29, 0.717) is 4.90 Å². The van der Waals surface area contributed by atoms with Gasteiger partial charge in [0.1, 0.15) is 12.1 Å². The molecular weight excluding hydrogens is 326 g/mol. The number of nitrogens with one attached hydrogen (secondary N) is 1. The summed E-state index contributed by atoms with van der Waals surface area (Å²) in [7, 11) is 1.59. The Morgan fingerprint density at radius 2 is 2.20 bits per heavy atom. The van der Waals surface area contributed by atoms with Crippen molar-refractivity contribution >= 4 is 46.8 Å². The average molecular weight is 335 g/mol. The molecule has 1 heterocycles. The zero-order valence-corrected chi connectivity index (χ0v) is 12.8. The number of aromatic nitrogens is 3. The quantitative estimate of drug-likeness (QED) is 0.875. The first-order chi connectivity index (χ1) is 9.45. The van der Waals surface area contributed by atoms with Crippen molar-refractivity contribution in [3.05, 3.63) is 33.8 Å². The first-order valence-electron chi connectivity index (χ1n) is 5.32. The minimum atomic E-state index is -0.794. The van der Waals surface area contributed by atoms with E-state index in [-0.39, 0.29) is 21.6 Å². The first-order valence-corrected chi connectivity index (χ1v) is 7.30. The van der Waals surface area contributed by atoms with E-state index < -0.39 is 11.7 Å². The molecule has 0 radical (unpaired) electrons. The number of amides is 1. The fraction of sp³-hybridized carbons (Fsp3) is 0.182. The Kier molecular flexibility index (Phi) is 4.52. The summed E-state index contributed by atoms with van der Waals surface area (Å²) in [5.74, 6) is -1.32. The van der Waals surface area contributed by atoms with E-state index in [9.17, 15) is 9.18 Å². The van der Waals surface area contributed by atoms with E-state index in [4.69, 9.17) is 23.2 Å². The second-order valence-electron chi connectivity index (χ2n) is 3.72. The summed E-state index contributed by atoms with van der Waals surface area (Å²) in [6.07, 6.45) is 3.00. The van der Waals surface area contributed by atoms with Crippen LogP contribution in [-0.4, -0.2) is 26.9 Å². The molecule has 1 amide bonds. The minimum absolute atomic E-state index is 0.0258. The van der Waals surface area contributed by atoms with E-state index in [1.807, 2.05) is 0 Å². The first kappa shape index (κ1) is 15.1. The lowest BCUT2D eigenvalue weighted by molar-refractivity contribution is 0.102. The molecule has 1 aromatic carbocycles. The van der Waals surface area contributed by atoms with Crippen LogP contribution in [0.4, 0.5) is 10.3 Å². The highest BCUT2D eigenvalue weighted by Crippen LogP contribution is 2.36. The van der Waals surface area contributed by atoms with E-state index in [1.54, 1.807) is 13.3 Å². The number of anilines is 1.